The average molecular weight is 375 g/mol. The van der Waals surface area contributed by atoms with Crippen molar-refractivity contribution in [3.05, 3.63) is 59.9 Å². The summed E-state index contributed by atoms with van der Waals surface area (Å²) in [7, 11) is 2.06. The van der Waals surface area contributed by atoms with Gasteiger partial charge in [0.1, 0.15) is 11.9 Å². The Kier molecular flexibility index (Phi) is 4.96. The zero-order chi connectivity index (χ0) is 19.5. The second-order valence-electron chi connectivity index (χ2n) is 7.00. The number of nitrogens with one attached hydrogen (secondary N) is 2. The number of piperidine rings is 1. The fourth-order valence-electron chi connectivity index (χ4n) is 3.53. The Balaban J connectivity index is 1.41. The maximum absolute atomic E-state index is 12.3. The molecule has 0 unspecified atom stereocenters. The van der Waals surface area contributed by atoms with E-state index in [0.29, 0.717) is 17.7 Å². The van der Waals surface area contributed by atoms with E-state index in [2.05, 4.69) is 22.2 Å². The molecule has 3 aromatic rings. The van der Waals surface area contributed by atoms with Crippen molar-refractivity contribution in [2.75, 3.05) is 18.9 Å². The summed E-state index contributed by atoms with van der Waals surface area (Å²) < 4.78 is 5.64. The number of anilines is 1. The summed E-state index contributed by atoms with van der Waals surface area (Å²) in [5.74, 6) is 0.893. The van der Waals surface area contributed by atoms with Crippen molar-refractivity contribution in [2.24, 2.45) is 0 Å². The molecule has 7 heteroatoms. The number of imidazole rings is 1. The first-order valence-corrected chi connectivity index (χ1v) is 9.25. The highest BCUT2D eigenvalue weighted by molar-refractivity contribution is 5.84. The lowest BCUT2D eigenvalue weighted by Gasteiger charge is -2.35. The van der Waals surface area contributed by atoms with Gasteiger partial charge in [-0.2, -0.15) is 5.26 Å². The van der Waals surface area contributed by atoms with Crippen molar-refractivity contribution in [2.45, 2.75) is 25.0 Å². The van der Waals surface area contributed by atoms with Gasteiger partial charge in [0.05, 0.1) is 28.7 Å². The minimum absolute atomic E-state index is 0.0638. The Morgan fingerprint density at radius 3 is 2.82 bits per heavy atom. The molecular formula is C21H21N5O2. The van der Waals surface area contributed by atoms with Crippen LogP contribution in [0, 0.1) is 11.3 Å². The summed E-state index contributed by atoms with van der Waals surface area (Å²) in [6.45, 7) is 0.816. The Bertz CT molecular complexity index is 988. The number of amides is 1. The zero-order valence-corrected chi connectivity index (χ0v) is 15.6. The molecule has 2 aromatic carbocycles. The van der Waals surface area contributed by atoms with Crippen molar-refractivity contribution in [1.82, 2.24) is 14.9 Å². The normalized spacial score (nSPS) is 19.9. The van der Waals surface area contributed by atoms with Crippen LogP contribution in [0.3, 0.4) is 0 Å². The molecule has 1 aliphatic rings. The molecule has 1 saturated heterocycles. The van der Waals surface area contributed by atoms with Crippen LogP contribution in [0.5, 0.6) is 0 Å². The van der Waals surface area contributed by atoms with E-state index >= 15 is 0 Å². The summed E-state index contributed by atoms with van der Waals surface area (Å²) in [5.41, 5.74) is 3.09. The lowest BCUT2D eigenvalue weighted by atomic mass is 9.99. The van der Waals surface area contributed by atoms with E-state index in [0.717, 1.165) is 29.8 Å². The minimum atomic E-state index is -0.484. The maximum Gasteiger partial charge on any atom is 0.411 e. The number of carbonyl (C=O) groups excluding carboxylic acids is 1. The summed E-state index contributed by atoms with van der Waals surface area (Å²) in [6.07, 6.45) is 0.779. The molecule has 1 aliphatic heterocycles. The Morgan fingerprint density at radius 2 is 2.07 bits per heavy atom. The zero-order valence-electron chi connectivity index (χ0n) is 15.6. The van der Waals surface area contributed by atoms with Crippen molar-refractivity contribution < 1.29 is 9.53 Å². The van der Waals surface area contributed by atoms with E-state index in [9.17, 15) is 4.79 Å². The fourth-order valence-corrected chi connectivity index (χ4v) is 3.53. The maximum atomic E-state index is 12.3. The Labute approximate surface area is 162 Å². The standard InChI is InChI=1S/C21H21N5O2/c1-26-11-10-16(28-21(27)23-15-8-6-14(13-22)7-9-15)12-19(26)20-24-17-4-2-3-5-18(17)25-20/h2-9,16,19H,10-12H2,1H3,(H,23,27)(H,24,25)/t16-,19-/m1/s1. The number of nitriles is 1. The van der Waals surface area contributed by atoms with Crippen LogP contribution in [-0.4, -0.2) is 40.7 Å². The number of H-pyrrole nitrogens is 1. The monoisotopic (exact) mass is 375 g/mol. The number of hydrogen-bond donors (Lipinski definition) is 2. The van der Waals surface area contributed by atoms with Crippen molar-refractivity contribution in [1.29, 1.82) is 5.26 Å². The number of aromatic amines is 1. The number of likely N-dealkylation sites (tertiary alicyclic amines) is 1. The molecule has 0 saturated carbocycles. The molecule has 0 radical (unpaired) electrons. The molecule has 1 amide bonds. The largest absolute Gasteiger partial charge is 0.446 e. The van der Waals surface area contributed by atoms with Gasteiger partial charge in [0, 0.05) is 18.7 Å². The first-order chi connectivity index (χ1) is 13.6. The number of rotatable bonds is 3. The van der Waals surface area contributed by atoms with Crippen LogP contribution in [-0.2, 0) is 4.74 Å². The van der Waals surface area contributed by atoms with E-state index < -0.39 is 6.09 Å². The van der Waals surface area contributed by atoms with Gasteiger partial charge in [0.25, 0.3) is 0 Å². The molecule has 142 valence electrons. The molecular weight excluding hydrogens is 354 g/mol. The number of aromatic nitrogens is 2. The number of carbonyl (C=O) groups is 1. The fraction of sp³-hybridized carbons (Fsp3) is 0.286. The number of benzene rings is 2. The molecule has 0 spiro atoms. The lowest BCUT2D eigenvalue weighted by Crippen LogP contribution is -2.39. The van der Waals surface area contributed by atoms with Gasteiger partial charge >= 0.3 is 6.09 Å². The van der Waals surface area contributed by atoms with Gasteiger partial charge in [-0.1, -0.05) is 12.1 Å². The lowest BCUT2D eigenvalue weighted by molar-refractivity contribution is 0.0364. The topological polar surface area (TPSA) is 94.0 Å². The van der Waals surface area contributed by atoms with Crippen LogP contribution >= 0.6 is 0 Å². The van der Waals surface area contributed by atoms with Gasteiger partial charge in [0.2, 0.25) is 0 Å². The second kappa shape index (κ2) is 7.71. The van der Waals surface area contributed by atoms with Gasteiger partial charge in [-0.05, 0) is 49.9 Å². The van der Waals surface area contributed by atoms with Crippen molar-refractivity contribution >= 4 is 22.8 Å². The molecule has 1 aromatic heterocycles. The smallest absolute Gasteiger partial charge is 0.411 e. The number of ether oxygens (including phenoxy) is 1. The van der Waals surface area contributed by atoms with Gasteiger partial charge in [-0.25, -0.2) is 9.78 Å². The number of nitrogens with zero attached hydrogens (tertiary/aromatic N) is 3. The van der Waals surface area contributed by atoms with Gasteiger partial charge in [0.15, 0.2) is 0 Å². The SMILES string of the molecule is CN1CC[C@@H](OC(=O)Nc2ccc(C#N)cc2)C[C@@H]1c1nc2ccccc2[nH]1. The van der Waals surface area contributed by atoms with Crippen LogP contribution < -0.4 is 5.32 Å². The highest BCUT2D eigenvalue weighted by atomic mass is 16.6. The summed E-state index contributed by atoms with van der Waals surface area (Å²) >= 11 is 0. The molecule has 7 nitrogen and oxygen atoms in total. The Morgan fingerprint density at radius 1 is 1.29 bits per heavy atom. The third-order valence-corrected chi connectivity index (χ3v) is 5.08. The Hall–Kier alpha value is -3.37. The first-order valence-electron chi connectivity index (χ1n) is 9.25. The van der Waals surface area contributed by atoms with Gasteiger partial charge < -0.3 is 9.72 Å². The molecule has 2 N–H and O–H groups in total. The molecule has 28 heavy (non-hydrogen) atoms. The molecule has 2 heterocycles. The van der Waals surface area contributed by atoms with Gasteiger partial charge in [-0.15, -0.1) is 0 Å². The van der Waals surface area contributed by atoms with Crippen LogP contribution in [0.25, 0.3) is 11.0 Å². The van der Waals surface area contributed by atoms with Crippen LogP contribution in [0.4, 0.5) is 10.5 Å². The van der Waals surface area contributed by atoms with Gasteiger partial charge in [-0.3, -0.25) is 10.2 Å². The third kappa shape index (κ3) is 3.82. The van der Waals surface area contributed by atoms with E-state index in [-0.39, 0.29) is 12.1 Å². The number of fused-ring (bicyclic) bond motifs is 1. The predicted molar refractivity (Wildman–Crippen MR) is 106 cm³/mol. The van der Waals surface area contributed by atoms with E-state index in [1.54, 1.807) is 24.3 Å². The molecule has 0 bridgehead atoms. The van der Waals surface area contributed by atoms with E-state index in [4.69, 9.17) is 15.0 Å². The molecule has 2 atom stereocenters. The van der Waals surface area contributed by atoms with Crippen LogP contribution in [0.15, 0.2) is 48.5 Å². The molecule has 1 fully saturated rings. The van der Waals surface area contributed by atoms with Crippen molar-refractivity contribution in [3.8, 4) is 6.07 Å². The first kappa shape index (κ1) is 18.0. The molecule has 4 rings (SSSR count). The molecule has 0 aliphatic carbocycles. The quantitative estimate of drug-likeness (QED) is 0.726. The highest BCUT2D eigenvalue weighted by Gasteiger charge is 2.31. The van der Waals surface area contributed by atoms with Crippen LogP contribution in [0.2, 0.25) is 0 Å². The van der Waals surface area contributed by atoms with Crippen LogP contribution in [0.1, 0.15) is 30.3 Å². The average Bonchev–Trinajstić information content (AvgIpc) is 3.14. The summed E-state index contributed by atoms with van der Waals surface area (Å²) in [6, 6.07) is 16.7. The third-order valence-electron chi connectivity index (χ3n) is 5.08. The van der Waals surface area contributed by atoms with E-state index in [1.165, 1.54) is 0 Å². The number of para-hydroxylation sites is 2. The predicted octanol–water partition coefficient (Wildman–Crippen LogP) is 3.82. The number of hydrogen-bond acceptors (Lipinski definition) is 5. The highest BCUT2D eigenvalue weighted by Crippen LogP contribution is 2.31. The van der Waals surface area contributed by atoms with Crippen molar-refractivity contribution in [3.63, 3.8) is 0 Å². The summed E-state index contributed by atoms with van der Waals surface area (Å²) in [5, 5.41) is 11.6. The second-order valence-corrected chi connectivity index (χ2v) is 7.00. The minimum Gasteiger partial charge on any atom is -0.446 e. The van der Waals surface area contributed by atoms with E-state index in [1.807, 2.05) is 30.3 Å². The summed E-state index contributed by atoms with van der Waals surface area (Å²) in [4.78, 5) is 22.6.